The maximum absolute atomic E-state index is 11.8. The Morgan fingerprint density at radius 1 is 1.43 bits per heavy atom. The molecule has 0 bridgehead atoms. The first-order valence-electron chi connectivity index (χ1n) is 5.94. The number of hydrogen-bond donors (Lipinski definition) is 0. The fourth-order valence-electron chi connectivity index (χ4n) is 2.13. The summed E-state index contributed by atoms with van der Waals surface area (Å²) in [5.41, 5.74) is 0. The molecule has 0 spiro atoms. The first-order valence-corrected chi connectivity index (χ1v) is 5.94. The first-order chi connectivity index (χ1) is 6.65. The minimum absolute atomic E-state index is 0.158. The molecule has 0 aromatic heterocycles. The fourth-order valence-corrected chi connectivity index (χ4v) is 2.13. The van der Waals surface area contributed by atoms with Crippen molar-refractivity contribution in [3.63, 3.8) is 0 Å². The van der Waals surface area contributed by atoms with Crippen LogP contribution in [0, 0.1) is 11.8 Å². The zero-order valence-electron chi connectivity index (χ0n) is 9.75. The average molecular weight is 197 g/mol. The molecule has 1 aliphatic rings. The van der Waals surface area contributed by atoms with Crippen molar-refractivity contribution in [1.82, 2.24) is 4.90 Å². The predicted octanol–water partition coefficient (Wildman–Crippen LogP) is 2.68. The molecule has 0 aromatic rings. The van der Waals surface area contributed by atoms with E-state index in [0.29, 0.717) is 5.91 Å². The van der Waals surface area contributed by atoms with Gasteiger partial charge in [0.1, 0.15) is 0 Å². The van der Waals surface area contributed by atoms with Crippen molar-refractivity contribution in [1.29, 1.82) is 0 Å². The first kappa shape index (κ1) is 11.5. The van der Waals surface area contributed by atoms with Crippen LogP contribution >= 0.6 is 0 Å². The van der Waals surface area contributed by atoms with Crippen molar-refractivity contribution in [2.45, 2.75) is 46.5 Å². The van der Waals surface area contributed by atoms with Gasteiger partial charge in [-0.25, -0.2) is 0 Å². The van der Waals surface area contributed by atoms with Crippen LogP contribution < -0.4 is 0 Å². The molecular weight excluding hydrogens is 174 g/mol. The Kier molecular flexibility index (Phi) is 4.43. The van der Waals surface area contributed by atoms with E-state index in [0.717, 1.165) is 19.0 Å². The molecule has 1 heterocycles. The number of carbonyl (C=O) groups excluding carboxylic acids is 1. The molecule has 0 saturated carbocycles. The SMILES string of the molecule is CCC1CCCCN(C(=O)C(C)C)C1. The second kappa shape index (κ2) is 5.38. The molecule has 0 aromatic carbocycles. The van der Waals surface area contributed by atoms with Gasteiger partial charge in [-0.3, -0.25) is 4.79 Å². The van der Waals surface area contributed by atoms with E-state index in [4.69, 9.17) is 0 Å². The highest BCUT2D eigenvalue weighted by Gasteiger charge is 2.22. The van der Waals surface area contributed by atoms with Crippen LogP contribution in [0.5, 0.6) is 0 Å². The Labute approximate surface area is 87.7 Å². The van der Waals surface area contributed by atoms with Gasteiger partial charge >= 0.3 is 0 Å². The van der Waals surface area contributed by atoms with E-state index in [2.05, 4.69) is 11.8 Å². The molecule has 1 rings (SSSR count). The van der Waals surface area contributed by atoms with E-state index in [-0.39, 0.29) is 5.92 Å². The molecule has 0 N–H and O–H groups in total. The predicted molar refractivity (Wildman–Crippen MR) is 59.1 cm³/mol. The van der Waals surface area contributed by atoms with Gasteiger partial charge in [-0.2, -0.15) is 0 Å². The molecule has 2 heteroatoms. The summed E-state index contributed by atoms with van der Waals surface area (Å²) in [5.74, 6) is 1.23. The second-order valence-corrected chi connectivity index (χ2v) is 4.71. The lowest BCUT2D eigenvalue weighted by atomic mass is 10.0. The van der Waals surface area contributed by atoms with Crippen LogP contribution in [0.2, 0.25) is 0 Å². The Morgan fingerprint density at radius 2 is 2.14 bits per heavy atom. The summed E-state index contributed by atoms with van der Waals surface area (Å²) in [6.45, 7) is 8.19. The van der Waals surface area contributed by atoms with Gasteiger partial charge in [0.2, 0.25) is 5.91 Å². The third kappa shape index (κ3) is 3.00. The van der Waals surface area contributed by atoms with E-state index in [1.807, 2.05) is 13.8 Å². The van der Waals surface area contributed by atoms with E-state index in [1.165, 1.54) is 25.7 Å². The van der Waals surface area contributed by atoms with Crippen LogP contribution in [0.25, 0.3) is 0 Å². The van der Waals surface area contributed by atoms with Crippen molar-refractivity contribution in [2.75, 3.05) is 13.1 Å². The third-order valence-electron chi connectivity index (χ3n) is 3.15. The lowest BCUT2D eigenvalue weighted by Crippen LogP contribution is -2.37. The number of nitrogens with zero attached hydrogens (tertiary/aromatic N) is 1. The van der Waals surface area contributed by atoms with Gasteiger partial charge in [0.15, 0.2) is 0 Å². The van der Waals surface area contributed by atoms with E-state index in [1.54, 1.807) is 0 Å². The average Bonchev–Trinajstić information content (AvgIpc) is 2.41. The molecule has 1 unspecified atom stereocenters. The van der Waals surface area contributed by atoms with Crippen LogP contribution in [0.3, 0.4) is 0 Å². The van der Waals surface area contributed by atoms with Crippen LogP contribution in [0.1, 0.15) is 46.5 Å². The highest BCUT2D eigenvalue weighted by molar-refractivity contribution is 5.78. The van der Waals surface area contributed by atoms with Crippen molar-refractivity contribution in [3.05, 3.63) is 0 Å². The van der Waals surface area contributed by atoms with Gasteiger partial charge in [0.05, 0.1) is 0 Å². The molecule has 1 atom stereocenters. The monoisotopic (exact) mass is 197 g/mol. The Morgan fingerprint density at radius 3 is 2.71 bits per heavy atom. The summed E-state index contributed by atoms with van der Waals surface area (Å²) in [6, 6.07) is 0. The Hall–Kier alpha value is -0.530. The summed E-state index contributed by atoms with van der Waals surface area (Å²) < 4.78 is 0. The highest BCUT2D eigenvalue weighted by Crippen LogP contribution is 2.20. The lowest BCUT2D eigenvalue weighted by Gasteiger charge is -2.25. The summed E-state index contributed by atoms with van der Waals surface area (Å²) in [4.78, 5) is 13.9. The molecular formula is C12H23NO. The zero-order valence-corrected chi connectivity index (χ0v) is 9.75. The molecule has 14 heavy (non-hydrogen) atoms. The quantitative estimate of drug-likeness (QED) is 0.666. The van der Waals surface area contributed by atoms with Crippen molar-refractivity contribution in [3.8, 4) is 0 Å². The van der Waals surface area contributed by atoms with Gasteiger partial charge in [0, 0.05) is 19.0 Å². The maximum Gasteiger partial charge on any atom is 0.225 e. The summed E-state index contributed by atoms with van der Waals surface area (Å²) in [7, 11) is 0. The van der Waals surface area contributed by atoms with E-state index >= 15 is 0 Å². The van der Waals surface area contributed by atoms with Crippen LogP contribution in [-0.4, -0.2) is 23.9 Å². The largest absolute Gasteiger partial charge is 0.342 e. The topological polar surface area (TPSA) is 20.3 Å². The summed E-state index contributed by atoms with van der Waals surface area (Å²) in [5, 5.41) is 0. The third-order valence-corrected chi connectivity index (χ3v) is 3.15. The standard InChI is InChI=1S/C12H23NO/c1-4-11-7-5-6-8-13(9-11)12(14)10(2)3/h10-11H,4-9H2,1-3H3. The molecule has 82 valence electrons. The summed E-state index contributed by atoms with van der Waals surface area (Å²) in [6.07, 6.45) is 5.00. The zero-order chi connectivity index (χ0) is 10.6. The number of hydrogen-bond acceptors (Lipinski definition) is 1. The van der Waals surface area contributed by atoms with Crippen molar-refractivity contribution >= 4 is 5.91 Å². The van der Waals surface area contributed by atoms with Gasteiger partial charge in [-0.05, 0) is 18.8 Å². The number of carbonyl (C=O) groups is 1. The fraction of sp³-hybridized carbons (Fsp3) is 0.917. The van der Waals surface area contributed by atoms with Crippen molar-refractivity contribution < 1.29 is 4.79 Å². The highest BCUT2D eigenvalue weighted by atomic mass is 16.2. The van der Waals surface area contributed by atoms with Crippen LogP contribution in [0.15, 0.2) is 0 Å². The van der Waals surface area contributed by atoms with Gasteiger partial charge in [-0.1, -0.05) is 33.6 Å². The second-order valence-electron chi connectivity index (χ2n) is 4.71. The molecule has 0 radical (unpaired) electrons. The maximum atomic E-state index is 11.8. The van der Waals surface area contributed by atoms with E-state index < -0.39 is 0 Å². The number of amides is 1. The molecule has 1 saturated heterocycles. The van der Waals surface area contributed by atoms with Gasteiger partial charge in [0.25, 0.3) is 0 Å². The van der Waals surface area contributed by atoms with Gasteiger partial charge < -0.3 is 4.90 Å². The molecule has 1 aliphatic heterocycles. The van der Waals surface area contributed by atoms with Gasteiger partial charge in [-0.15, -0.1) is 0 Å². The van der Waals surface area contributed by atoms with Crippen LogP contribution in [0.4, 0.5) is 0 Å². The smallest absolute Gasteiger partial charge is 0.225 e. The minimum Gasteiger partial charge on any atom is -0.342 e. The normalized spacial score (nSPS) is 23.7. The number of likely N-dealkylation sites (tertiary alicyclic amines) is 1. The molecule has 1 amide bonds. The van der Waals surface area contributed by atoms with E-state index in [9.17, 15) is 4.79 Å². The molecule has 0 aliphatic carbocycles. The molecule has 1 fully saturated rings. The molecule has 2 nitrogen and oxygen atoms in total. The summed E-state index contributed by atoms with van der Waals surface area (Å²) >= 11 is 0. The van der Waals surface area contributed by atoms with Crippen molar-refractivity contribution in [2.24, 2.45) is 11.8 Å². The Bertz CT molecular complexity index is 189. The number of rotatable bonds is 2. The Balaban J connectivity index is 2.54. The minimum atomic E-state index is 0.158. The van der Waals surface area contributed by atoms with Crippen LogP contribution in [-0.2, 0) is 4.79 Å². The lowest BCUT2D eigenvalue weighted by molar-refractivity contribution is -0.134.